The van der Waals surface area contributed by atoms with Crippen LogP contribution < -0.4 is 15.5 Å². The molecule has 7 heteroatoms. The second kappa shape index (κ2) is 11.5. The molecule has 2 unspecified atom stereocenters. The number of anilines is 1. The van der Waals surface area contributed by atoms with E-state index in [0.717, 1.165) is 38.7 Å². The second-order valence-corrected chi connectivity index (χ2v) is 9.19. The third-order valence-corrected chi connectivity index (χ3v) is 6.63. The number of halogens is 1. The molecule has 2 saturated heterocycles. The minimum Gasteiger partial charge on any atom is -0.370 e. The Kier molecular flexibility index (Phi) is 9.69. The van der Waals surface area contributed by atoms with Gasteiger partial charge in [0.25, 0.3) is 0 Å². The number of benzene rings is 1. The molecule has 0 aromatic heterocycles. The zero-order valence-corrected chi connectivity index (χ0v) is 20.8. The van der Waals surface area contributed by atoms with Crippen molar-refractivity contribution in [3.05, 3.63) is 29.8 Å². The largest absolute Gasteiger partial charge is 0.370 e. The normalized spacial score (nSPS) is 23.6. The molecule has 2 N–H and O–H groups in total. The van der Waals surface area contributed by atoms with Crippen LogP contribution in [0.1, 0.15) is 26.3 Å². The summed E-state index contributed by atoms with van der Waals surface area (Å²) in [4.78, 5) is 9.44. The number of nitrogens with zero attached hydrogens (tertiary/aromatic N) is 3. The number of aliphatic imine (C=N–C) groups is 1. The zero-order valence-electron chi connectivity index (χ0n) is 17.6. The summed E-state index contributed by atoms with van der Waals surface area (Å²) in [6.07, 6.45) is 0. The maximum absolute atomic E-state index is 4.43. The predicted octanol–water partition coefficient (Wildman–Crippen LogP) is 3.25. The third kappa shape index (κ3) is 6.42. The average molecular weight is 518 g/mol. The topological polar surface area (TPSA) is 42.9 Å². The summed E-state index contributed by atoms with van der Waals surface area (Å²) in [6.45, 7) is 12.2. The van der Waals surface area contributed by atoms with Gasteiger partial charge in [-0.1, -0.05) is 19.1 Å². The van der Waals surface area contributed by atoms with Gasteiger partial charge in [-0.2, -0.15) is 11.8 Å². The van der Waals surface area contributed by atoms with Crippen LogP contribution in [0.25, 0.3) is 0 Å². The van der Waals surface area contributed by atoms with Crippen LogP contribution in [-0.4, -0.2) is 67.7 Å². The maximum atomic E-state index is 4.43. The second-order valence-electron chi connectivity index (χ2n) is 7.97. The lowest BCUT2D eigenvalue weighted by Crippen LogP contribution is -2.46. The summed E-state index contributed by atoms with van der Waals surface area (Å²) in [7, 11) is 1.85. The first-order valence-corrected chi connectivity index (χ1v) is 11.3. The molecule has 158 valence electrons. The van der Waals surface area contributed by atoms with E-state index < -0.39 is 0 Å². The van der Waals surface area contributed by atoms with E-state index in [4.69, 9.17) is 0 Å². The van der Waals surface area contributed by atoms with Gasteiger partial charge in [0.15, 0.2) is 5.96 Å². The average Bonchev–Trinajstić information content (AvgIpc) is 3.07. The Labute approximate surface area is 192 Å². The van der Waals surface area contributed by atoms with Gasteiger partial charge < -0.3 is 15.5 Å². The number of thioether (sulfide) groups is 1. The lowest BCUT2D eigenvalue weighted by atomic mass is 10.1. The molecule has 1 aromatic rings. The number of rotatable bonds is 5. The molecule has 0 aliphatic carbocycles. The van der Waals surface area contributed by atoms with Crippen molar-refractivity contribution in [2.75, 3.05) is 49.6 Å². The Bertz CT molecular complexity index is 616. The quantitative estimate of drug-likeness (QED) is 0.357. The Morgan fingerprint density at radius 1 is 1.18 bits per heavy atom. The van der Waals surface area contributed by atoms with Gasteiger partial charge in [0, 0.05) is 69.0 Å². The number of guanidine groups is 1. The standard InChI is InChI=1S/C21H35N5S.HI/c1-16(2)26-14-17(3)20(15-26)24-21(22-4)23-13-18-5-7-19(8-6-18)25-9-11-27-12-10-25;/h5-8,16-17,20H,9-15H2,1-4H3,(H2,22,23,24);1H. The molecule has 5 nitrogen and oxygen atoms in total. The summed E-state index contributed by atoms with van der Waals surface area (Å²) >= 11 is 2.05. The van der Waals surface area contributed by atoms with Gasteiger partial charge in [0.2, 0.25) is 0 Å². The molecule has 0 radical (unpaired) electrons. The zero-order chi connectivity index (χ0) is 19.2. The highest BCUT2D eigenvalue weighted by Crippen LogP contribution is 2.20. The highest BCUT2D eigenvalue weighted by atomic mass is 127. The van der Waals surface area contributed by atoms with E-state index in [0.29, 0.717) is 18.0 Å². The van der Waals surface area contributed by atoms with E-state index >= 15 is 0 Å². The van der Waals surface area contributed by atoms with E-state index in [-0.39, 0.29) is 24.0 Å². The molecule has 0 saturated carbocycles. The minimum absolute atomic E-state index is 0. The van der Waals surface area contributed by atoms with Gasteiger partial charge in [0.1, 0.15) is 0 Å². The highest BCUT2D eigenvalue weighted by Gasteiger charge is 2.31. The van der Waals surface area contributed by atoms with Gasteiger partial charge in [-0.25, -0.2) is 0 Å². The summed E-state index contributed by atoms with van der Waals surface area (Å²) in [5.74, 6) is 4.00. The van der Waals surface area contributed by atoms with Crippen molar-refractivity contribution < 1.29 is 0 Å². The van der Waals surface area contributed by atoms with E-state index in [1.807, 2.05) is 18.8 Å². The van der Waals surface area contributed by atoms with Gasteiger partial charge in [-0.05, 0) is 37.5 Å². The lowest BCUT2D eigenvalue weighted by Gasteiger charge is -2.28. The first kappa shape index (κ1) is 23.6. The van der Waals surface area contributed by atoms with Crippen LogP contribution in [0.15, 0.2) is 29.3 Å². The predicted molar refractivity (Wildman–Crippen MR) is 134 cm³/mol. The van der Waals surface area contributed by atoms with Crippen molar-refractivity contribution >= 4 is 47.4 Å². The number of likely N-dealkylation sites (tertiary alicyclic amines) is 1. The smallest absolute Gasteiger partial charge is 0.191 e. The Morgan fingerprint density at radius 3 is 2.43 bits per heavy atom. The van der Waals surface area contributed by atoms with E-state index in [1.165, 1.54) is 22.8 Å². The van der Waals surface area contributed by atoms with Crippen molar-refractivity contribution in [2.24, 2.45) is 10.9 Å². The molecule has 3 rings (SSSR count). The van der Waals surface area contributed by atoms with Gasteiger partial charge in [-0.15, -0.1) is 24.0 Å². The van der Waals surface area contributed by atoms with Crippen LogP contribution in [0, 0.1) is 5.92 Å². The molecule has 2 fully saturated rings. The summed E-state index contributed by atoms with van der Waals surface area (Å²) in [6, 6.07) is 10.0. The number of hydrogen-bond donors (Lipinski definition) is 2. The summed E-state index contributed by atoms with van der Waals surface area (Å²) in [5.41, 5.74) is 2.63. The molecule has 1 aromatic carbocycles. The Balaban J connectivity index is 0.00000280. The van der Waals surface area contributed by atoms with Crippen LogP contribution in [0.4, 0.5) is 5.69 Å². The van der Waals surface area contributed by atoms with Gasteiger partial charge >= 0.3 is 0 Å². The van der Waals surface area contributed by atoms with Crippen LogP contribution in [0.2, 0.25) is 0 Å². The van der Waals surface area contributed by atoms with Crippen LogP contribution in [0.5, 0.6) is 0 Å². The molecule has 28 heavy (non-hydrogen) atoms. The van der Waals surface area contributed by atoms with Crippen molar-refractivity contribution in [3.63, 3.8) is 0 Å². The van der Waals surface area contributed by atoms with Crippen LogP contribution in [-0.2, 0) is 6.54 Å². The minimum atomic E-state index is 0. The van der Waals surface area contributed by atoms with Gasteiger partial charge in [-0.3, -0.25) is 9.89 Å². The van der Waals surface area contributed by atoms with E-state index in [1.54, 1.807) is 0 Å². The fourth-order valence-corrected chi connectivity index (χ4v) is 4.72. The number of nitrogens with one attached hydrogen (secondary N) is 2. The van der Waals surface area contributed by atoms with Crippen molar-refractivity contribution in [2.45, 2.75) is 39.4 Å². The van der Waals surface area contributed by atoms with Gasteiger partial charge in [0.05, 0.1) is 0 Å². The first-order chi connectivity index (χ1) is 13.1. The summed E-state index contributed by atoms with van der Waals surface area (Å²) in [5, 5.41) is 7.10. The van der Waals surface area contributed by atoms with Crippen LogP contribution in [0.3, 0.4) is 0 Å². The van der Waals surface area contributed by atoms with Crippen molar-refractivity contribution in [1.29, 1.82) is 0 Å². The fourth-order valence-electron chi connectivity index (χ4n) is 3.82. The molecular formula is C21H36IN5S. The van der Waals surface area contributed by atoms with E-state index in [2.05, 4.69) is 70.5 Å². The molecule has 2 aliphatic rings. The van der Waals surface area contributed by atoms with Crippen molar-refractivity contribution in [1.82, 2.24) is 15.5 Å². The lowest BCUT2D eigenvalue weighted by molar-refractivity contribution is 0.265. The summed E-state index contributed by atoms with van der Waals surface area (Å²) < 4.78 is 0. The SMILES string of the molecule is CN=C(NCc1ccc(N2CCSCC2)cc1)NC1CN(C(C)C)CC1C.I. The van der Waals surface area contributed by atoms with Crippen molar-refractivity contribution in [3.8, 4) is 0 Å². The highest BCUT2D eigenvalue weighted by molar-refractivity contribution is 14.0. The molecule has 2 atom stereocenters. The maximum Gasteiger partial charge on any atom is 0.191 e. The van der Waals surface area contributed by atoms with E-state index in [9.17, 15) is 0 Å². The fraction of sp³-hybridized carbons (Fsp3) is 0.667. The molecule has 0 amide bonds. The Morgan fingerprint density at radius 2 is 1.86 bits per heavy atom. The molecule has 0 bridgehead atoms. The molecule has 2 aliphatic heterocycles. The number of hydrogen-bond acceptors (Lipinski definition) is 4. The molecule has 0 spiro atoms. The monoisotopic (exact) mass is 517 g/mol. The molecule has 2 heterocycles. The Hall–Kier alpha value is -0.670. The van der Waals surface area contributed by atoms with Crippen LogP contribution >= 0.6 is 35.7 Å². The molecular weight excluding hydrogens is 481 g/mol. The first-order valence-electron chi connectivity index (χ1n) is 10.2. The third-order valence-electron chi connectivity index (χ3n) is 5.69.